The summed E-state index contributed by atoms with van der Waals surface area (Å²) in [6, 6.07) is 12.1. The predicted octanol–water partition coefficient (Wildman–Crippen LogP) is 3.42. The van der Waals surface area contributed by atoms with Gasteiger partial charge in [-0.3, -0.25) is 19.4 Å². The number of rotatable bonds is 4. The standard InChI is InChI=1S/C21H21NO4/c1-20(2,3)26-19(25)21(13-16(23)14-8-5-4-6-9-14)12-15-10-7-11-22-17(15)18(21)24/h4-11H,12-13H2,1-3H3. The smallest absolute Gasteiger partial charge is 0.321 e. The first-order valence-corrected chi connectivity index (χ1v) is 8.53. The summed E-state index contributed by atoms with van der Waals surface area (Å²) in [6.07, 6.45) is 1.41. The molecule has 1 aliphatic carbocycles. The number of aromatic nitrogens is 1. The van der Waals surface area contributed by atoms with Crippen LogP contribution in [0.3, 0.4) is 0 Å². The minimum Gasteiger partial charge on any atom is -0.459 e. The molecule has 1 aliphatic rings. The summed E-state index contributed by atoms with van der Waals surface area (Å²) < 4.78 is 5.52. The fraction of sp³-hybridized carbons (Fsp3) is 0.333. The zero-order valence-corrected chi connectivity index (χ0v) is 15.1. The summed E-state index contributed by atoms with van der Waals surface area (Å²) >= 11 is 0. The predicted molar refractivity (Wildman–Crippen MR) is 95.9 cm³/mol. The highest BCUT2D eigenvalue weighted by atomic mass is 16.6. The summed E-state index contributed by atoms with van der Waals surface area (Å²) in [5.41, 5.74) is -0.935. The zero-order chi connectivity index (χ0) is 18.9. The van der Waals surface area contributed by atoms with Gasteiger partial charge in [-0.05, 0) is 38.8 Å². The second kappa shape index (κ2) is 6.48. The van der Waals surface area contributed by atoms with E-state index >= 15 is 0 Å². The van der Waals surface area contributed by atoms with E-state index in [1.54, 1.807) is 63.2 Å². The first-order chi connectivity index (χ1) is 12.2. The number of Topliss-reactive ketones (excluding diaryl/α,β-unsaturated/α-hetero) is 2. The van der Waals surface area contributed by atoms with E-state index in [0.29, 0.717) is 11.1 Å². The van der Waals surface area contributed by atoms with Gasteiger partial charge in [0.2, 0.25) is 0 Å². The number of nitrogens with zero attached hydrogens (tertiary/aromatic N) is 1. The van der Waals surface area contributed by atoms with Crippen LogP contribution in [0.5, 0.6) is 0 Å². The van der Waals surface area contributed by atoms with Crippen LogP contribution in [-0.2, 0) is 16.0 Å². The van der Waals surface area contributed by atoms with Crippen molar-refractivity contribution < 1.29 is 19.1 Å². The number of benzene rings is 1. The maximum absolute atomic E-state index is 13.1. The quantitative estimate of drug-likeness (QED) is 0.479. The van der Waals surface area contributed by atoms with E-state index < -0.39 is 22.8 Å². The van der Waals surface area contributed by atoms with Crippen molar-refractivity contribution in [2.75, 3.05) is 0 Å². The second-order valence-corrected chi connectivity index (χ2v) is 7.57. The average Bonchev–Trinajstić information content (AvgIpc) is 2.88. The van der Waals surface area contributed by atoms with Gasteiger partial charge in [0, 0.05) is 18.2 Å². The Morgan fingerprint density at radius 2 is 1.81 bits per heavy atom. The van der Waals surface area contributed by atoms with Crippen molar-refractivity contribution in [3.05, 3.63) is 65.5 Å². The molecule has 1 unspecified atom stereocenters. The van der Waals surface area contributed by atoms with Crippen molar-refractivity contribution >= 4 is 17.5 Å². The van der Waals surface area contributed by atoms with Crippen LogP contribution in [-0.4, -0.2) is 28.1 Å². The molecule has 5 nitrogen and oxygen atoms in total. The van der Waals surface area contributed by atoms with E-state index in [4.69, 9.17) is 4.74 Å². The Morgan fingerprint density at radius 1 is 1.12 bits per heavy atom. The van der Waals surface area contributed by atoms with E-state index in [1.165, 1.54) is 6.20 Å². The molecule has 1 aromatic carbocycles. The highest BCUT2D eigenvalue weighted by Gasteiger charge is 2.55. The minimum atomic E-state index is -1.56. The Hall–Kier alpha value is -2.82. The van der Waals surface area contributed by atoms with Crippen molar-refractivity contribution in [1.29, 1.82) is 0 Å². The summed E-state index contributed by atoms with van der Waals surface area (Å²) in [5, 5.41) is 0. The Morgan fingerprint density at radius 3 is 2.42 bits per heavy atom. The third kappa shape index (κ3) is 3.29. The molecule has 0 saturated heterocycles. The fourth-order valence-electron chi connectivity index (χ4n) is 3.17. The lowest BCUT2D eigenvalue weighted by molar-refractivity contribution is -0.164. The number of ether oxygens (including phenoxy) is 1. The van der Waals surface area contributed by atoms with Gasteiger partial charge < -0.3 is 4.74 Å². The number of esters is 1. The van der Waals surface area contributed by atoms with Crippen molar-refractivity contribution in [1.82, 2.24) is 4.98 Å². The number of carbonyl (C=O) groups excluding carboxylic acids is 3. The molecular formula is C21H21NO4. The van der Waals surface area contributed by atoms with E-state index in [1.807, 2.05) is 0 Å². The Kier molecular flexibility index (Phi) is 4.48. The molecule has 2 aromatic rings. The van der Waals surface area contributed by atoms with Crippen LogP contribution in [0, 0.1) is 5.41 Å². The molecule has 5 heteroatoms. The molecule has 0 N–H and O–H groups in total. The zero-order valence-electron chi connectivity index (χ0n) is 15.1. The monoisotopic (exact) mass is 351 g/mol. The minimum absolute atomic E-state index is 0.127. The molecule has 0 radical (unpaired) electrons. The van der Waals surface area contributed by atoms with Crippen molar-refractivity contribution in [3.63, 3.8) is 0 Å². The maximum atomic E-state index is 13.1. The number of carbonyl (C=O) groups is 3. The number of hydrogen-bond donors (Lipinski definition) is 0. The molecule has 26 heavy (non-hydrogen) atoms. The van der Waals surface area contributed by atoms with Gasteiger partial charge in [-0.1, -0.05) is 36.4 Å². The summed E-state index contributed by atoms with van der Waals surface area (Å²) in [6.45, 7) is 5.22. The van der Waals surface area contributed by atoms with Gasteiger partial charge in [0.05, 0.1) is 0 Å². The molecule has 1 atom stereocenters. The van der Waals surface area contributed by atoms with Crippen LogP contribution in [0.4, 0.5) is 0 Å². The van der Waals surface area contributed by atoms with Gasteiger partial charge in [-0.2, -0.15) is 0 Å². The molecule has 0 bridgehead atoms. The highest BCUT2D eigenvalue weighted by Crippen LogP contribution is 2.41. The van der Waals surface area contributed by atoms with Crippen molar-refractivity contribution in [2.45, 2.75) is 39.2 Å². The highest BCUT2D eigenvalue weighted by molar-refractivity contribution is 6.18. The lowest BCUT2D eigenvalue weighted by Crippen LogP contribution is -2.43. The first-order valence-electron chi connectivity index (χ1n) is 8.53. The molecule has 0 saturated carbocycles. The number of ketones is 2. The fourth-order valence-corrected chi connectivity index (χ4v) is 3.17. The third-order valence-corrected chi connectivity index (χ3v) is 4.38. The average molecular weight is 351 g/mol. The second-order valence-electron chi connectivity index (χ2n) is 7.57. The van der Waals surface area contributed by atoms with E-state index in [2.05, 4.69) is 4.98 Å². The number of fused-ring (bicyclic) bond motifs is 1. The lowest BCUT2D eigenvalue weighted by Gasteiger charge is -2.29. The molecule has 0 aliphatic heterocycles. The van der Waals surface area contributed by atoms with Gasteiger partial charge >= 0.3 is 5.97 Å². The van der Waals surface area contributed by atoms with Gasteiger partial charge in [0.1, 0.15) is 16.7 Å². The molecule has 0 spiro atoms. The first kappa shape index (κ1) is 18.0. The van der Waals surface area contributed by atoms with Crippen LogP contribution in [0.25, 0.3) is 0 Å². The van der Waals surface area contributed by atoms with E-state index in [-0.39, 0.29) is 24.3 Å². The third-order valence-electron chi connectivity index (χ3n) is 4.38. The summed E-state index contributed by atoms with van der Waals surface area (Å²) in [4.78, 5) is 43.0. The molecule has 134 valence electrons. The topological polar surface area (TPSA) is 73.3 Å². The largest absolute Gasteiger partial charge is 0.459 e. The number of hydrogen-bond acceptors (Lipinski definition) is 5. The number of pyridine rings is 1. The Balaban J connectivity index is 2.00. The Labute approximate surface area is 152 Å². The van der Waals surface area contributed by atoms with Gasteiger partial charge in [-0.25, -0.2) is 0 Å². The summed E-state index contributed by atoms with van der Waals surface area (Å²) in [7, 11) is 0. The molecule has 0 amide bonds. The van der Waals surface area contributed by atoms with Gasteiger partial charge in [0.15, 0.2) is 11.6 Å². The van der Waals surface area contributed by atoms with Crippen LogP contribution < -0.4 is 0 Å². The van der Waals surface area contributed by atoms with Crippen molar-refractivity contribution in [3.8, 4) is 0 Å². The molecule has 0 fully saturated rings. The van der Waals surface area contributed by atoms with Crippen LogP contribution >= 0.6 is 0 Å². The normalized spacial score (nSPS) is 19.1. The SMILES string of the molecule is CC(C)(C)OC(=O)C1(CC(=O)c2ccccc2)Cc2cccnc2C1=O. The van der Waals surface area contributed by atoms with Crippen LogP contribution in [0.2, 0.25) is 0 Å². The van der Waals surface area contributed by atoms with Crippen LogP contribution in [0.1, 0.15) is 53.6 Å². The summed E-state index contributed by atoms with van der Waals surface area (Å²) in [5.74, 6) is -1.37. The Bertz CT molecular complexity index is 867. The lowest BCUT2D eigenvalue weighted by atomic mass is 9.78. The molecular weight excluding hydrogens is 330 g/mol. The van der Waals surface area contributed by atoms with Gasteiger partial charge in [-0.15, -0.1) is 0 Å². The van der Waals surface area contributed by atoms with Gasteiger partial charge in [0.25, 0.3) is 0 Å². The van der Waals surface area contributed by atoms with Crippen molar-refractivity contribution in [2.24, 2.45) is 5.41 Å². The van der Waals surface area contributed by atoms with Crippen LogP contribution in [0.15, 0.2) is 48.7 Å². The molecule has 1 heterocycles. The molecule has 3 rings (SSSR count). The van der Waals surface area contributed by atoms with E-state index in [0.717, 1.165) is 0 Å². The van der Waals surface area contributed by atoms with E-state index in [9.17, 15) is 14.4 Å². The molecule has 1 aromatic heterocycles. The maximum Gasteiger partial charge on any atom is 0.321 e.